The molecule has 0 aliphatic carbocycles. The Labute approximate surface area is 81.1 Å². The van der Waals surface area contributed by atoms with Gasteiger partial charge in [-0.15, -0.1) is 0 Å². The number of phosphoric ester groups is 1. The van der Waals surface area contributed by atoms with Gasteiger partial charge in [0, 0.05) is 0 Å². The molecule has 6 nitrogen and oxygen atoms in total. The van der Waals surface area contributed by atoms with Gasteiger partial charge in [-0.2, -0.15) is 0 Å². The number of hydrogen-bond acceptors (Lipinski definition) is 3. The Morgan fingerprint density at radius 3 is 1.70 bits per heavy atom. The van der Waals surface area contributed by atoms with Gasteiger partial charge in [0.25, 0.3) is 0 Å². The Balaban J connectivity index is -0.000000245. The first-order chi connectivity index (χ1) is 3.42. The Hall–Kier alpha value is 0.615. The fourth-order valence-corrected chi connectivity index (χ4v) is 0.352. The molecule has 0 unspecified atom stereocenters. The van der Waals surface area contributed by atoms with Gasteiger partial charge in [-0.3, -0.25) is 9.79 Å². The van der Waals surface area contributed by atoms with Crippen molar-refractivity contribution in [3.05, 3.63) is 0 Å². The van der Waals surface area contributed by atoms with Gasteiger partial charge in [0.2, 0.25) is 0 Å². The summed E-state index contributed by atoms with van der Waals surface area (Å²) in [5, 5.41) is 0. The van der Waals surface area contributed by atoms with Crippen molar-refractivity contribution in [3.8, 4) is 0 Å². The second-order valence-electron chi connectivity index (χ2n) is 0.901. The number of hydrogen-bond donors (Lipinski definition) is 3. The number of amides is 1. The minimum absolute atomic E-state index is 0. The molecule has 0 saturated carbocycles. The van der Waals surface area contributed by atoms with Crippen molar-refractivity contribution in [1.82, 2.24) is 0 Å². The summed E-state index contributed by atoms with van der Waals surface area (Å²) in [4.78, 5) is 25.1. The average molecular weight is 157 g/mol. The van der Waals surface area contributed by atoms with Crippen LogP contribution >= 0.6 is 7.82 Å². The third kappa shape index (κ3) is 15.8. The molecule has 9 heteroatoms. The summed E-state index contributed by atoms with van der Waals surface area (Å²) in [7, 11) is -4.70. The summed E-state index contributed by atoms with van der Waals surface area (Å²) in [6.45, 7) is 0. The number of nitrogens with two attached hydrogens (primary N) is 1. The van der Waals surface area contributed by atoms with Crippen LogP contribution in [-0.4, -0.2) is 53.6 Å². The van der Waals surface area contributed by atoms with Crippen molar-refractivity contribution in [2.24, 2.45) is 5.73 Å². The van der Waals surface area contributed by atoms with Crippen LogP contribution in [-0.2, 0) is 9.09 Å². The molecule has 4 N–H and O–H groups in total. The number of carbonyl (C=O) groups excluding carboxylic acids is 1. The fraction of sp³-hybridized carbons (Fsp3) is 0. The van der Waals surface area contributed by atoms with Crippen LogP contribution in [0.5, 0.6) is 0 Å². The number of carbonyl (C=O) groups is 1. The quantitative estimate of drug-likeness (QED) is 0.297. The van der Waals surface area contributed by atoms with E-state index in [4.69, 9.17) is 9.79 Å². The molecule has 0 aromatic carbocycles. The Kier molecular flexibility index (Phi) is 10.7. The SMILES string of the molecule is NC(=O)OP(=O)(O)O.[LiH].[LiH]. The minimum atomic E-state index is -4.70. The van der Waals surface area contributed by atoms with E-state index in [0.717, 1.165) is 0 Å². The van der Waals surface area contributed by atoms with Gasteiger partial charge in [0.15, 0.2) is 0 Å². The van der Waals surface area contributed by atoms with Crippen LogP contribution in [0.1, 0.15) is 0 Å². The van der Waals surface area contributed by atoms with E-state index in [1.165, 1.54) is 0 Å². The van der Waals surface area contributed by atoms with E-state index < -0.39 is 13.9 Å². The first-order valence-electron chi connectivity index (χ1n) is 1.46. The molecule has 0 aromatic rings. The van der Waals surface area contributed by atoms with Crippen molar-refractivity contribution in [2.45, 2.75) is 0 Å². The normalized spacial score (nSPS) is 8.60. The van der Waals surface area contributed by atoms with Crippen LogP contribution < -0.4 is 5.73 Å². The zero-order valence-corrected chi connectivity index (χ0v) is 4.54. The van der Waals surface area contributed by atoms with Crippen molar-refractivity contribution in [2.75, 3.05) is 0 Å². The van der Waals surface area contributed by atoms with Gasteiger partial charge in [-0.1, -0.05) is 0 Å². The van der Waals surface area contributed by atoms with E-state index in [0.29, 0.717) is 0 Å². The molecule has 1 amide bonds. The Morgan fingerprint density at radius 1 is 1.40 bits per heavy atom. The van der Waals surface area contributed by atoms with E-state index in [1.54, 1.807) is 0 Å². The predicted octanol–water partition coefficient (Wildman–Crippen LogP) is -2.12. The van der Waals surface area contributed by atoms with Crippen molar-refractivity contribution in [1.29, 1.82) is 0 Å². The number of primary amides is 1. The summed E-state index contributed by atoms with van der Waals surface area (Å²) in [5.74, 6) is 0. The zero-order valence-electron chi connectivity index (χ0n) is 3.64. The van der Waals surface area contributed by atoms with E-state index in [2.05, 4.69) is 10.3 Å². The second-order valence-corrected chi connectivity index (χ2v) is 2.06. The third-order valence-electron chi connectivity index (χ3n) is 0.209. The maximum absolute atomic E-state index is 9.61. The van der Waals surface area contributed by atoms with E-state index in [9.17, 15) is 9.36 Å². The molecule has 52 valence electrons. The molecule has 0 bridgehead atoms. The zero-order chi connectivity index (χ0) is 6.78. The maximum atomic E-state index is 9.61. The first-order valence-corrected chi connectivity index (χ1v) is 2.99. The monoisotopic (exact) mass is 157 g/mol. The van der Waals surface area contributed by atoms with E-state index >= 15 is 0 Å². The van der Waals surface area contributed by atoms with Gasteiger partial charge in [-0.25, -0.2) is 9.36 Å². The molecular weight excluding hydrogens is 151 g/mol. The van der Waals surface area contributed by atoms with Crippen LogP contribution in [0.15, 0.2) is 0 Å². The molecule has 0 fully saturated rings. The van der Waals surface area contributed by atoms with Crippen LogP contribution in [0.25, 0.3) is 0 Å². The van der Waals surface area contributed by atoms with Crippen LogP contribution in [0.3, 0.4) is 0 Å². The summed E-state index contributed by atoms with van der Waals surface area (Å²) < 4.78 is 12.9. The predicted molar refractivity (Wildman–Crippen MR) is 37.0 cm³/mol. The summed E-state index contributed by atoms with van der Waals surface area (Å²) in [6, 6.07) is 0. The molecule has 0 heterocycles. The number of rotatable bonds is 1. The van der Waals surface area contributed by atoms with Gasteiger partial charge in [0.1, 0.15) is 0 Å². The average Bonchev–Trinajstić information content (AvgIpc) is 1.21. The van der Waals surface area contributed by atoms with Crippen LogP contribution in [0.2, 0.25) is 0 Å². The Morgan fingerprint density at radius 2 is 1.70 bits per heavy atom. The fourth-order valence-electron chi connectivity index (χ4n) is 0.117. The Bertz CT molecular complexity index is 143. The molecular formula is CH6Li2NO5P. The van der Waals surface area contributed by atoms with Crippen LogP contribution in [0, 0.1) is 0 Å². The molecule has 0 aromatic heterocycles. The molecule has 0 aliphatic heterocycles. The van der Waals surface area contributed by atoms with Crippen molar-refractivity contribution < 1.29 is 23.7 Å². The van der Waals surface area contributed by atoms with Crippen LogP contribution in [0.4, 0.5) is 4.79 Å². The molecule has 0 saturated heterocycles. The first kappa shape index (κ1) is 16.9. The molecule has 0 aliphatic rings. The van der Waals surface area contributed by atoms with Gasteiger partial charge in [-0.05, 0) is 0 Å². The topological polar surface area (TPSA) is 110 Å². The molecule has 0 rings (SSSR count). The standard InChI is InChI=1S/CH4NO5P.2Li.2H/c2-1(3)7-8(4,5)6;;;;/h(H2,2,3)(H2,4,5,6);;;;. The number of phosphoric acid groups is 1. The van der Waals surface area contributed by atoms with Gasteiger partial charge < -0.3 is 10.3 Å². The summed E-state index contributed by atoms with van der Waals surface area (Å²) in [6.07, 6.45) is -1.49. The summed E-state index contributed by atoms with van der Waals surface area (Å²) in [5.41, 5.74) is 4.23. The van der Waals surface area contributed by atoms with E-state index in [1.807, 2.05) is 0 Å². The van der Waals surface area contributed by atoms with Gasteiger partial charge in [0.05, 0.1) is 0 Å². The molecule has 10 heavy (non-hydrogen) atoms. The van der Waals surface area contributed by atoms with Crippen molar-refractivity contribution >= 4 is 51.6 Å². The van der Waals surface area contributed by atoms with Crippen molar-refractivity contribution in [3.63, 3.8) is 0 Å². The third-order valence-corrected chi connectivity index (χ3v) is 0.627. The molecule has 0 radical (unpaired) electrons. The molecule has 0 spiro atoms. The summed E-state index contributed by atoms with van der Waals surface area (Å²) >= 11 is 0. The van der Waals surface area contributed by atoms with E-state index in [-0.39, 0.29) is 37.7 Å². The molecule has 0 atom stereocenters. The van der Waals surface area contributed by atoms with Gasteiger partial charge >= 0.3 is 51.6 Å². The second kappa shape index (κ2) is 6.33.